The quantitative estimate of drug-likeness (QED) is 0.911. The minimum atomic E-state index is -0.865. The number of hydrogen-bond donors (Lipinski definition) is 1. The minimum Gasteiger partial charge on any atom is -0.385 e. The fraction of sp³-hybridized carbons (Fsp3) is 0.533. The third-order valence-electron chi connectivity index (χ3n) is 3.80. The van der Waals surface area contributed by atoms with Gasteiger partial charge in [-0.05, 0) is 42.5 Å². The highest BCUT2D eigenvalue weighted by Crippen LogP contribution is 2.28. The van der Waals surface area contributed by atoms with Crippen LogP contribution in [0.25, 0.3) is 0 Å². The van der Waals surface area contributed by atoms with Crippen molar-refractivity contribution in [2.45, 2.75) is 44.6 Å². The van der Waals surface area contributed by atoms with Crippen molar-refractivity contribution in [3.63, 3.8) is 0 Å². The van der Waals surface area contributed by atoms with Crippen LogP contribution in [0, 0.1) is 5.92 Å². The Hall–Kier alpha value is -0.570. The summed E-state index contributed by atoms with van der Waals surface area (Å²) in [5.74, 6) is -0.0460. The number of ketones is 1. The molecule has 104 valence electrons. The van der Waals surface area contributed by atoms with E-state index in [1.807, 2.05) is 0 Å². The Balaban J connectivity index is 2.01. The average Bonchev–Trinajstić information content (AvgIpc) is 2.43. The van der Waals surface area contributed by atoms with Gasteiger partial charge in [0.1, 0.15) is 6.10 Å². The predicted molar refractivity (Wildman–Crippen MR) is 77.8 cm³/mol. The van der Waals surface area contributed by atoms with Gasteiger partial charge in [-0.1, -0.05) is 42.5 Å². The van der Waals surface area contributed by atoms with Gasteiger partial charge in [0.05, 0.1) is 0 Å². The number of carbonyl (C=O) groups excluding carboxylic acids is 1. The lowest BCUT2D eigenvalue weighted by Crippen LogP contribution is -2.32. The molecule has 1 aliphatic rings. The van der Waals surface area contributed by atoms with Crippen molar-refractivity contribution in [3.05, 3.63) is 33.8 Å². The van der Waals surface area contributed by atoms with Gasteiger partial charge in [0.15, 0.2) is 5.78 Å². The lowest BCUT2D eigenvalue weighted by atomic mass is 9.83. The number of hydrogen-bond acceptors (Lipinski definition) is 2. The van der Waals surface area contributed by atoms with Crippen molar-refractivity contribution in [1.82, 2.24) is 0 Å². The molecule has 2 rings (SSSR count). The van der Waals surface area contributed by atoms with Crippen LogP contribution in [0.3, 0.4) is 0 Å². The van der Waals surface area contributed by atoms with Gasteiger partial charge in [-0.2, -0.15) is 0 Å². The highest BCUT2D eigenvalue weighted by Gasteiger charge is 2.27. The Morgan fingerprint density at radius 1 is 1.26 bits per heavy atom. The molecule has 0 radical (unpaired) electrons. The molecule has 0 aliphatic heterocycles. The fourth-order valence-electron chi connectivity index (χ4n) is 2.68. The van der Waals surface area contributed by atoms with Gasteiger partial charge < -0.3 is 5.11 Å². The van der Waals surface area contributed by atoms with Crippen molar-refractivity contribution < 1.29 is 9.90 Å². The fourth-order valence-corrected chi connectivity index (χ4v) is 3.06. The van der Waals surface area contributed by atoms with Gasteiger partial charge in [0, 0.05) is 16.5 Å². The van der Waals surface area contributed by atoms with E-state index in [9.17, 15) is 9.90 Å². The maximum absolute atomic E-state index is 12.1. The normalized spacial score (nSPS) is 18.3. The van der Waals surface area contributed by atoms with Crippen LogP contribution in [0.15, 0.2) is 18.2 Å². The van der Waals surface area contributed by atoms with E-state index in [2.05, 4.69) is 0 Å². The molecule has 1 aromatic rings. The molecule has 19 heavy (non-hydrogen) atoms. The van der Waals surface area contributed by atoms with Crippen molar-refractivity contribution in [1.29, 1.82) is 0 Å². The molecule has 0 saturated heterocycles. The second-order valence-electron chi connectivity index (χ2n) is 5.22. The summed E-state index contributed by atoms with van der Waals surface area (Å²) in [6.07, 6.45) is 4.58. The Kier molecular flexibility index (Phi) is 5.26. The smallest absolute Gasteiger partial charge is 0.165 e. The summed E-state index contributed by atoms with van der Waals surface area (Å²) in [5.41, 5.74) is 0.689. The maximum atomic E-state index is 12.1. The summed E-state index contributed by atoms with van der Waals surface area (Å²) in [5, 5.41) is 11.2. The molecule has 0 spiro atoms. The molecular formula is C15H18Cl2O2. The summed E-state index contributed by atoms with van der Waals surface area (Å²) >= 11 is 11.9. The van der Waals surface area contributed by atoms with E-state index in [-0.39, 0.29) is 18.1 Å². The maximum Gasteiger partial charge on any atom is 0.165 e. The van der Waals surface area contributed by atoms with Crippen LogP contribution >= 0.6 is 23.2 Å². The lowest BCUT2D eigenvalue weighted by molar-refractivity contribution is -0.129. The number of carbonyl (C=O) groups is 1. The van der Waals surface area contributed by atoms with E-state index in [0.717, 1.165) is 25.7 Å². The average molecular weight is 301 g/mol. The number of rotatable bonds is 4. The summed E-state index contributed by atoms with van der Waals surface area (Å²) in [4.78, 5) is 12.1. The second-order valence-corrected chi connectivity index (χ2v) is 6.07. The zero-order valence-corrected chi connectivity index (χ0v) is 12.3. The van der Waals surface area contributed by atoms with E-state index in [0.29, 0.717) is 15.6 Å². The van der Waals surface area contributed by atoms with Gasteiger partial charge in [-0.25, -0.2) is 0 Å². The van der Waals surface area contributed by atoms with Gasteiger partial charge >= 0.3 is 0 Å². The zero-order valence-electron chi connectivity index (χ0n) is 10.7. The molecule has 1 fully saturated rings. The Bertz CT molecular complexity index is 453. The lowest BCUT2D eigenvalue weighted by Gasteiger charge is -2.25. The van der Waals surface area contributed by atoms with Gasteiger partial charge in [-0.3, -0.25) is 4.79 Å². The molecule has 1 atom stereocenters. The van der Waals surface area contributed by atoms with Crippen molar-refractivity contribution in [2.75, 3.05) is 0 Å². The molecule has 1 saturated carbocycles. The SMILES string of the molecule is O=C(Cc1cc(Cl)ccc1Cl)C(O)C1CCCCC1. The van der Waals surface area contributed by atoms with Crippen molar-refractivity contribution >= 4 is 29.0 Å². The highest BCUT2D eigenvalue weighted by atomic mass is 35.5. The first-order valence-electron chi connectivity index (χ1n) is 6.72. The number of aliphatic hydroxyl groups is 1. The first-order chi connectivity index (χ1) is 9.08. The monoisotopic (exact) mass is 300 g/mol. The first-order valence-corrected chi connectivity index (χ1v) is 7.48. The molecule has 4 heteroatoms. The predicted octanol–water partition coefficient (Wildman–Crippen LogP) is 4.05. The highest BCUT2D eigenvalue weighted by molar-refractivity contribution is 6.33. The largest absolute Gasteiger partial charge is 0.385 e. The summed E-state index contributed by atoms with van der Waals surface area (Å²) in [7, 11) is 0. The third kappa shape index (κ3) is 3.95. The van der Waals surface area contributed by atoms with Crippen LogP contribution in [0.1, 0.15) is 37.7 Å². The van der Waals surface area contributed by atoms with Crippen LogP contribution in [0.4, 0.5) is 0 Å². The summed E-state index contributed by atoms with van der Waals surface area (Å²) < 4.78 is 0. The van der Waals surface area contributed by atoms with Crippen LogP contribution in [-0.2, 0) is 11.2 Å². The number of Topliss-reactive ketones (excluding diaryl/α,β-unsaturated/α-hetero) is 1. The Labute approximate surface area is 123 Å². The molecule has 2 nitrogen and oxygen atoms in total. The number of aliphatic hydroxyl groups excluding tert-OH is 1. The van der Waals surface area contributed by atoms with Crippen LogP contribution < -0.4 is 0 Å². The van der Waals surface area contributed by atoms with Crippen LogP contribution in [-0.4, -0.2) is 17.0 Å². The topological polar surface area (TPSA) is 37.3 Å². The zero-order chi connectivity index (χ0) is 13.8. The first kappa shape index (κ1) is 14.8. The standard InChI is InChI=1S/C15H18Cl2O2/c16-12-6-7-13(17)11(8-12)9-14(18)15(19)10-4-2-1-3-5-10/h6-8,10,15,19H,1-5,9H2. The minimum absolute atomic E-state index is 0.110. The molecule has 0 aromatic heterocycles. The van der Waals surface area contributed by atoms with Crippen molar-refractivity contribution in [3.8, 4) is 0 Å². The molecule has 0 amide bonds. The third-order valence-corrected chi connectivity index (χ3v) is 4.40. The Morgan fingerprint density at radius 3 is 2.63 bits per heavy atom. The molecule has 1 unspecified atom stereocenters. The summed E-state index contributed by atoms with van der Waals surface area (Å²) in [6, 6.07) is 5.06. The van der Waals surface area contributed by atoms with E-state index in [1.165, 1.54) is 6.42 Å². The number of halogens is 2. The van der Waals surface area contributed by atoms with E-state index in [4.69, 9.17) is 23.2 Å². The second kappa shape index (κ2) is 6.74. The summed E-state index contributed by atoms with van der Waals surface area (Å²) in [6.45, 7) is 0. The van der Waals surface area contributed by atoms with Gasteiger partial charge in [-0.15, -0.1) is 0 Å². The molecule has 0 bridgehead atoms. The van der Waals surface area contributed by atoms with Crippen LogP contribution in [0.5, 0.6) is 0 Å². The van der Waals surface area contributed by atoms with Crippen molar-refractivity contribution in [2.24, 2.45) is 5.92 Å². The van der Waals surface area contributed by atoms with E-state index >= 15 is 0 Å². The van der Waals surface area contributed by atoms with Gasteiger partial charge in [0.25, 0.3) is 0 Å². The molecule has 1 N–H and O–H groups in total. The Morgan fingerprint density at radius 2 is 1.95 bits per heavy atom. The molecule has 0 heterocycles. The molecule has 1 aliphatic carbocycles. The van der Waals surface area contributed by atoms with Crippen LogP contribution in [0.2, 0.25) is 10.0 Å². The van der Waals surface area contributed by atoms with Gasteiger partial charge in [0.2, 0.25) is 0 Å². The van der Waals surface area contributed by atoms with E-state index in [1.54, 1.807) is 18.2 Å². The van der Waals surface area contributed by atoms with E-state index < -0.39 is 6.10 Å². The number of benzene rings is 1. The molecular weight excluding hydrogens is 283 g/mol. The molecule has 1 aromatic carbocycles.